The lowest BCUT2D eigenvalue weighted by atomic mass is 10.1. The molecule has 0 atom stereocenters. The maximum atomic E-state index is 12.6. The number of hydrogen-bond donors (Lipinski definition) is 2. The van der Waals surface area contributed by atoms with Crippen molar-refractivity contribution in [3.05, 3.63) is 97.1 Å². The lowest BCUT2D eigenvalue weighted by Crippen LogP contribution is -2.47. The van der Waals surface area contributed by atoms with E-state index in [9.17, 15) is 4.79 Å². The van der Waals surface area contributed by atoms with Crippen molar-refractivity contribution in [3.8, 4) is 68.3 Å². The van der Waals surface area contributed by atoms with E-state index in [1.54, 1.807) is 0 Å². The maximum Gasteiger partial charge on any atom is 0.347 e. The van der Waals surface area contributed by atoms with Gasteiger partial charge in [0.1, 0.15) is 5.82 Å². The molecule has 3 aliphatic rings. The highest BCUT2D eigenvalue weighted by molar-refractivity contribution is 6.03. The highest BCUT2D eigenvalue weighted by atomic mass is 16.7. The Balaban J connectivity index is 1.52. The van der Waals surface area contributed by atoms with E-state index < -0.39 is 5.97 Å². The largest absolute Gasteiger partial charge is 0.347 e. The van der Waals surface area contributed by atoms with Crippen LogP contribution in [0.4, 0.5) is 0 Å². The Morgan fingerprint density at radius 1 is 0.568 bits per heavy atom. The van der Waals surface area contributed by atoms with E-state index in [-0.39, 0.29) is 0 Å². The number of nitrogens with one attached hydrogen (secondary N) is 2. The van der Waals surface area contributed by atoms with Crippen molar-refractivity contribution in [2.24, 2.45) is 0 Å². The number of nitrogens with zero attached hydrogens (tertiary/aromatic N) is 6. The number of fused-ring (bicyclic) bond motifs is 20. The second-order valence-corrected chi connectivity index (χ2v) is 10.6. The molecular formula is C34H21N8O2+. The summed E-state index contributed by atoms with van der Waals surface area (Å²) < 4.78 is 1.45. The molecule has 10 nitrogen and oxygen atoms in total. The molecule has 0 unspecified atom stereocenters. The van der Waals surface area contributed by atoms with Crippen LogP contribution < -0.4 is 9.57 Å². The van der Waals surface area contributed by atoms with Gasteiger partial charge in [0, 0.05) is 40.1 Å². The van der Waals surface area contributed by atoms with Crippen molar-refractivity contribution >= 4 is 28.0 Å². The van der Waals surface area contributed by atoms with Crippen molar-refractivity contribution in [2.45, 2.75) is 6.92 Å². The summed E-state index contributed by atoms with van der Waals surface area (Å²) in [4.78, 5) is 50.1. The molecule has 10 heteroatoms. The third kappa shape index (κ3) is 3.57. The molecule has 0 saturated heterocycles. The number of carbonyl (C=O) groups excluding carboxylic acids is 1. The van der Waals surface area contributed by atoms with Crippen molar-refractivity contribution in [3.63, 3.8) is 0 Å². The molecule has 4 aromatic carbocycles. The number of aromatic nitrogens is 8. The topological polar surface area (TPSA) is 126 Å². The Labute approximate surface area is 249 Å². The molecule has 0 radical (unpaired) electrons. The van der Waals surface area contributed by atoms with Gasteiger partial charge in [0.2, 0.25) is 5.82 Å². The lowest BCUT2D eigenvalue weighted by molar-refractivity contribution is -0.842. The Morgan fingerprint density at radius 3 is 1.75 bits per heavy atom. The van der Waals surface area contributed by atoms with Gasteiger partial charge < -0.3 is 4.98 Å². The van der Waals surface area contributed by atoms with Crippen molar-refractivity contribution in [1.29, 1.82) is 0 Å². The van der Waals surface area contributed by atoms with Crippen molar-refractivity contribution < 1.29 is 14.4 Å². The fourth-order valence-corrected chi connectivity index (χ4v) is 5.95. The first kappa shape index (κ1) is 24.3. The molecule has 3 aliphatic heterocycles. The molecule has 0 fully saturated rings. The number of carbonyl (C=O) groups is 1. The summed E-state index contributed by atoms with van der Waals surface area (Å²) in [6.07, 6.45) is 0. The minimum atomic E-state index is -0.499. The number of H-pyrrole nitrogens is 2. The number of aromatic amines is 2. The summed E-state index contributed by atoms with van der Waals surface area (Å²) in [5.41, 5.74) is 6.18. The van der Waals surface area contributed by atoms with Gasteiger partial charge in [0.25, 0.3) is 5.65 Å². The molecule has 2 N–H and O–H groups in total. The number of hydrogen-bond acceptors (Lipinski definition) is 7. The Kier molecular flexibility index (Phi) is 5.03. The molecule has 0 amide bonds. The van der Waals surface area contributed by atoms with Gasteiger partial charge in [-0.3, -0.25) is 9.82 Å². The Morgan fingerprint density at radius 2 is 1.07 bits per heavy atom. The van der Waals surface area contributed by atoms with Crippen molar-refractivity contribution in [1.82, 2.24) is 34.9 Å². The van der Waals surface area contributed by atoms with Crippen LogP contribution in [0.5, 0.6) is 0 Å². The van der Waals surface area contributed by atoms with Gasteiger partial charge in [-0.25, -0.2) is 19.7 Å². The standard InChI is InChI=1S/C34H20N8O2/c1-18(43)44-42-33-25-16-8-6-14-23(25)31(40-33)38-29-21-12-4-2-10-19(21)27(36-29)35-28-20-11-3-5-13-22(20)30(37-28)39-32-24-15-7-9-17-26(24)34(42)41-32/h2-17H,1H3,(H,36,37,40,41)/p+1. The highest BCUT2D eigenvalue weighted by Crippen LogP contribution is 2.38. The molecule has 2 aromatic heterocycles. The lowest BCUT2D eigenvalue weighted by Gasteiger charge is -2.02. The van der Waals surface area contributed by atoms with E-state index in [1.165, 1.54) is 11.7 Å². The first-order valence-corrected chi connectivity index (χ1v) is 14.1. The summed E-state index contributed by atoms with van der Waals surface area (Å²) in [6, 6.07) is 31.4. The zero-order chi connectivity index (χ0) is 29.4. The van der Waals surface area contributed by atoms with Gasteiger partial charge in [-0.15, -0.1) is 0 Å². The average Bonchev–Trinajstić information content (AvgIpc) is 3.79. The summed E-state index contributed by atoms with van der Waals surface area (Å²) in [5.74, 6) is 2.68. The van der Waals surface area contributed by atoms with Gasteiger partial charge in [-0.2, -0.15) is 4.98 Å². The summed E-state index contributed by atoms with van der Waals surface area (Å²) in [7, 11) is 0. The van der Waals surface area contributed by atoms with Gasteiger partial charge in [-0.1, -0.05) is 77.8 Å². The fraction of sp³-hybridized carbons (Fsp3) is 0.0294. The first-order chi connectivity index (χ1) is 21.6. The summed E-state index contributed by atoms with van der Waals surface area (Å²) in [6.45, 7) is 1.37. The Hall–Kier alpha value is -6.29. The van der Waals surface area contributed by atoms with Crippen LogP contribution in [0.1, 0.15) is 6.92 Å². The minimum Gasteiger partial charge on any atom is -0.310 e. The first-order valence-electron chi connectivity index (χ1n) is 14.1. The Bertz CT molecular complexity index is 2430. The van der Waals surface area contributed by atoms with Crippen LogP contribution >= 0.6 is 0 Å². The molecule has 44 heavy (non-hydrogen) atoms. The van der Waals surface area contributed by atoms with Gasteiger partial charge in [0.05, 0.1) is 10.9 Å². The van der Waals surface area contributed by atoms with E-state index >= 15 is 0 Å². The molecule has 0 saturated carbocycles. The van der Waals surface area contributed by atoms with E-state index in [1.807, 2.05) is 97.1 Å². The normalized spacial score (nSPS) is 11.8. The van der Waals surface area contributed by atoms with E-state index in [4.69, 9.17) is 29.8 Å². The predicted molar refractivity (Wildman–Crippen MR) is 164 cm³/mol. The van der Waals surface area contributed by atoms with E-state index in [2.05, 4.69) is 9.97 Å². The van der Waals surface area contributed by atoms with Gasteiger partial charge in [0.15, 0.2) is 23.1 Å². The molecular weight excluding hydrogens is 552 g/mol. The van der Waals surface area contributed by atoms with Crippen LogP contribution in [-0.2, 0) is 4.79 Å². The van der Waals surface area contributed by atoms with Crippen LogP contribution in [0.2, 0.25) is 0 Å². The maximum absolute atomic E-state index is 12.6. The molecule has 5 heterocycles. The molecule has 6 aromatic rings. The minimum absolute atomic E-state index is 0.434. The van der Waals surface area contributed by atoms with Crippen LogP contribution in [0.3, 0.4) is 0 Å². The number of rotatable bonds is 1. The smallest absolute Gasteiger partial charge is 0.310 e. The zero-order valence-electron chi connectivity index (χ0n) is 23.2. The van der Waals surface area contributed by atoms with Crippen LogP contribution in [-0.4, -0.2) is 40.9 Å². The second kappa shape index (κ2) is 9.10. The zero-order valence-corrected chi connectivity index (χ0v) is 23.2. The summed E-state index contributed by atoms with van der Waals surface area (Å²) in [5, 5.41) is 1.63. The SMILES string of the molecule is CC(=O)O[n+]1c2nc([nH]c3nc(nc4nc(nc5[nH]c1c1ccccc51)-c1ccccc1-4)-c1ccccc1-3)-c1ccccc1-2. The van der Waals surface area contributed by atoms with Crippen LogP contribution in [0.15, 0.2) is 97.1 Å². The third-order valence-corrected chi connectivity index (χ3v) is 7.86. The number of benzene rings is 4. The van der Waals surface area contributed by atoms with Crippen LogP contribution in [0, 0.1) is 0 Å². The fourth-order valence-electron chi connectivity index (χ4n) is 5.95. The summed E-state index contributed by atoms with van der Waals surface area (Å²) >= 11 is 0. The molecule has 0 spiro atoms. The van der Waals surface area contributed by atoms with Gasteiger partial charge in [-0.05, 0) is 29.0 Å². The molecule has 9 rings (SSSR count). The predicted octanol–water partition coefficient (Wildman–Crippen LogP) is 5.64. The second-order valence-electron chi connectivity index (χ2n) is 10.6. The monoisotopic (exact) mass is 573 g/mol. The van der Waals surface area contributed by atoms with Crippen molar-refractivity contribution in [2.75, 3.05) is 0 Å². The van der Waals surface area contributed by atoms with E-state index in [0.29, 0.717) is 46.2 Å². The average molecular weight is 574 g/mol. The van der Waals surface area contributed by atoms with Gasteiger partial charge >= 0.3 is 11.8 Å². The quantitative estimate of drug-likeness (QED) is 0.243. The highest BCUT2D eigenvalue weighted by Gasteiger charge is 2.30. The molecule has 8 bridgehead atoms. The van der Waals surface area contributed by atoms with E-state index in [0.717, 1.165) is 44.2 Å². The molecule has 208 valence electrons. The van der Waals surface area contributed by atoms with Crippen LogP contribution in [0.25, 0.3) is 90.4 Å². The third-order valence-electron chi connectivity index (χ3n) is 7.86. The molecule has 0 aliphatic carbocycles.